The second kappa shape index (κ2) is 11.6. The maximum absolute atomic E-state index is 14.0. The highest BCUT2D eigenvalue weighted by molar-refractivity contribution is 7.91. The number of nitrogens with zero attached hydrogens (tertiary/aromatic N) is 1. The molecule has 0 bridgehead atoms. The number of likely N-dealkylation sites (tertiary alicyclic amines) is 1. The number of nitrogens with one attached hydrogen (secondary N) is 2. The molecule has 0 radical (unpaired) electrons. The van der Waals surface area contributed by atoms with Crippen LogP contribution in [0.5, 0.6) is 0 Å². The summed E-state index contributed by atoms with van der Waals surface area (Å²) in [6.07, 6.45) is 6.53. The molecule has 7 nitrogen and oxygen atoms in total. The van der Waals surface area contributed by atoms with Gasteiger partial charge in [-0.2, -0.15) is 0 Å². The third-order valence-corrected chi connectivity index (χ3v) is 9.51. The number of likely N-dealkylation sites (N-methyl/N-ethyl adjacent to an activating group) is 1. The van der Waals surface area contributed by atoms with Crippen molar-refractivity contribution in [3.8, 4) is 0 Å². The fourth-order valence-electron chi connectivity index (χ4n) is 5.52. The first-order valence-corrected chi connectivity index (χ1v) is 14.5. The van der Waals surface area contributed by atoms with Gasteiger partial charge in [0.15, 0.2) is 0 Å². The molecular formula is C28H37N3O4S. The number of benzene rings is 2. The number of carbonyl (C=O) groups excluding carboxylic acids is 2. The Bertz CT molecular complexity index is 1160. The van der Waals surface area contributed by atoms with E-state index in [-0.39, 0.29) is 33.6 Å². The van der Waals surface area contributed by atoms with Crippen LogP contribution in [0, 0.1) is 5.92 Å². The zero-order valence-electron chi connectivity index (χ0n) is 21.2. The van der Waals surface area contributed by atoms with Crippen molar-refractivity contribution in [1.82, 2.24) is 15.5 Å². The predicted octanol–water partition coefficient (Wildman–Crippen LogP) is 3.86. The van der Waals surface area contributed by atoms with Gasteiger partial charge in [-0.15, -0.1) is 0 Å². The fraction of sp³-hybridized carbons (Fsp3) is 0.500. The van der Waals surface area contributed by atoms with Gasteiger partial charge in [-0.25, -0.2) is 8.42 Å². The Morgan fingerprint density at radius 3 is 2.28 bits per heavy atom. The van der Waals surface area contributed by atoms with Gasteiger partial charge in [0.1, 0.15) is 6.04 Å². The van der Waals surface area contributed by atoms with Crippen LogP contribution in [0.3, 0.4) is 0 Å². The summed E-state index contributed by atoms with van der Waals surface area (Å²) < 4.78 is 27.1. The Morgan fingerprint density at radius 2 is 1.58 bits per heavy atom. The van der Waals surface area contributed by atoms with Crippen LogP contribution in [0.1, 0.15) is 63.5 Å². The van der Waals surface area contributed by atoms with Gasteiger partial charge in [-0.05, 0) is 69.3 Å². The van der Waals surface area contributed by atoms with Crippen molar-refractivity contribution < 1.29 is 18.0 Å². The van der Waals surface area contributed by atoms with Crippen LogP contribution in [0.15, 0.2) is 64.4 Å². The van der Waals surface area contributed by atoms with Crippen molar-refractivity contribution in [1.29, 1.82) is 0 Å². The van der Waals surface area contributed by atoms with Crippen LogP contribution < -0.4 is 10.6 Å². The Kier molecular flexibility index (Phi) is 8.46. The highest BCUT2D eigenvalue weighted by atomic mass is 32.2. The molecule has 2 fully saturated rings. The number of carbonyl (C=O) groups is 2. The molecule has 0 spiro atoms. The molecule has 2 N–H and O–H groups in total. The third-order valence-electron chi connectivity index (χ3n) is 7.67. The number of hydrogen-bond acceptors (Lipinski definition) is 5. The first kappa shape index (κ1) is 26.4. The molecule has 1 saturated carbocycles. The van der Waals surface area contributed by atoms with Gasteiger partial charge < -0.3 is 15.5 Å². The van der Waals surface area contributed by atoms with Crippen molar-refractivity contribution >= 4 is 21.7 Å². The zero-order chi connectivity index (χ0) is 25.7. The number of rotatable bonds is 8. The number of sulfone groups is 1. The van der Waals surface area contributed by atoms with Crippen molar-refractivity contribution in [3.63, 3.8) is 0 Å². The van der Waals surface area contributed by atoms with Gasteiger partial charge in [0.05, 0.1) is 21.9 Å². The lowest BCUT2D eigenvalue weighted by atomic mass is 9.83. The first-order chi connectivity index (χ1) is 17.3. The van der Waals surface area contributed by atoms with Gasteiger partial charge in [0.25, 0.3) is 0 Å². The lowest BCUT2D eigenvalue weighted by molar-refractivity contribution is -0.139. The summed E-state index contributed by atoms with van der Waals surface area (Å²) in [4.78, 5) is 29.1. The molecule has 2 aromatic carbocycles. The van der Waals surface area contributed by atoms with E-state index in [1.165, 1.54) is 0 Å². The van der Waals surface area contributed by atoms with E-state index in [0.717, 1.165) is 38.5 Å². The topological polar surface area (TPSA) is 95.6 Å². The summed E-state index contributed by atoms with van der Waals surface area (Å²) in [7, 11) is -2.02. The average Bonchev–Trinajstić information content (AvgIpc) is 3.41. The van der Waals surface area contributed by atoms with Crippen molar-refractivity contribution in [2.24, 2.45) is 5.92 Å². The van der Waals surface area contributed by atoms with E-state index < -0.39 is 21.9 Å². The van der Waals surface area contributed by atoms with Crippen LogP contribution in [-0.4, -0.2) is 50.8 Å². The van der Waals surface area contributed by atoms with Crippen LogP contribution in [0.2, 0.25) is 0 Å². The van der Waals surface area contributed by atoms with E-state index in [9.17, 15) is 18.0 Å². The second-order valence-electron chi connectivity index (χ2n) is 9.94. The average molecular weight is 512 g/mol. The molecule has 3 atom stereocenters. The minimum absolute atomic E-state index is 0.0869. The Hall–Kier alpha value is -2.71. The van der Waals surface area contributed by atoms with Gasteiger partial charge >= 0.3 is 0 Å². The van der Waals surface area contributed by atoms with Crippen LogP contribution in [0.25, 0.3) is 0 Å². The van der Waals surface area contributed by atoms with Gasteiger partial charge in [-0.3, -0.25) is 9.59 Å². The van der Waals surface area contributed by atoms with Gasteiger partial charge in [-0.1, -0.05) is 55.7 Å². The van der Waals surface area contributed by atoms with E-state index >= 15 is 0 Å². The van der Waals surface area contributed by atoms with Crippen LogP contribution in [0.4, 0.5) is 0 Å². The van der Waals surface area contributed by atoms with E-state index in [2.05, 4.69) is 10.6 Å². The molecule has 1 aliphatic carbocycles. The lowest BCUT2D eigenvalue weighted by Gasteiger charge is -2.36. The monoisotopic (exact) mass is 511 g/mol. The van der Waals surface area contributed by atoms with E-state index in [1.54, 1.807) is 56.4 Å². The summed E-state index contributed by atoms with van der Waals surface area (Å²) in [6.45, 7) is 2.32. The Balaban J connectivity index is 1.66. The van der Waals surface area contributed by atoms with Crippen LogP contribution >= 0.6 is 0 Å². The van der Waals surface area contributed by atoms with E-state index in [1.807, 2.05) is 17.0 Å². The summed E-state index contributed by atoms with van der Waals surface area (Å²) >= 11 is 0. The molecular weight excluding hydrogens is 474 g/mol. The maximum Gasteiger partial charge on any atom is 0.245 e. The van der Waals surface area contributed by atoms with Crippen molar-refractivity contribution in [2.75, 3.05) is 13.6 Å². The van der Waals surface area contributed by atoms with Crippen molar-refractivity contribution in [3.05, 3.63) is 60.2 Å². The molecule has 4 rings (SSSR count). The molecule has 8 heteroatoms. The summed E-state index contributed by atoms with van der Waals surface area (Å²) in [6, 6.07) is 14.1. The minimum Gasteiger partial charge on any atom is -0.343 e. The SMILES string of the molecule is CNC(C)C(=O)N[C@H](C(=O)N1CCCC1c1ccccc1S(=O)(=O)c1ccccc1)C1CCCCC1. The lowest BCUT2D eigenvalue weighted by Crippen LogP contribution is -2.55. The minimum atomic E-state index is -3.75. The molecule has 194 valence electrons. The molecule has 2 unspecified atom stereocenters. The predicted molar refractivity (Wildman–Crippen MR) is 139 cm³/mol. The quantitative estimate of drug-likeness (QED) is 0.561. The van der Waals surface area contributed by atoms with Crippen molar-refractivity contribution in [2.45, 2.75) is 79.8 Å². The second-order valence-corrected chi connectivity index (χ2v) is 11.9. The van der Waals surface area contributed by atoms with Crippen LogP contribution in [-0.2, 0) is 19.4 Å². The third kappa shape index (κ3) is 5.49. The highest BCUT2D eigenvalue weighted by Crippen LogP contribution is 2.38. The summed E-state index contributed by atoms with van der Waals surface area (Å²) in [5, 5.41) is 6.00. The molecule has 36 heavy (non-hydrogen) atoms. The molecule has 1 saturated heterocycles. The standard InChI is InChI=1S/C28H37N3O4S/c1-20(29-2)27(32)30-26(21-12-5-3-6-13-21)28(33)31-19-11-17-24(31)23-16-9-10-18-25(23)36(34,35)22-14-7-4-8-15-22/h4,7-10,14-16,18,20-21,24,26,29H,3,5-6,11-13,17,19H2,1-2H3,(H,30,32)/t20?,24?,26-/m0/s1. The molecule has 2 aromatic rings. The molecule has 1 heterocycles. The molecule has 1 aliphatic heterocycles. The molecule has 2 amide bonds. The highest BCUT2D eigenvalue weighted by Gasteiger charge is 2.40. The fourth-order valence-corrected chi connectivity index (χ4v) is 7.06. The Morgan fingerprint density at radius 1 is 0.917 bits per heavy atom. The molecule has 2 aliphatic rings. The normalized spacial score (nSPS) is 20.6. The summed E-state index contributed by atoms with van der Waals surface area (Å²) in [5.74, 6) is -0.207. The van der Waals surface area contributed by atoms with E-state index in [4.69, 9.17) is 0 Å². The molecule has 0 aromatic heterocycles. The first-order valence-electron chi connectivity index (χ1n) is 13.0. The Labute approximate surface area is 214 Å². The van der Waals surface area contributed by atoms with Gasteiger partial charge in [0.2, 0.25) is 21.7 Å². The smallest absolute Gasteiger partial charge is 0.245 e. The number of amides is 2. The summed E-state index contributed by atoms with van der Waals surface area (Å²) in [5.41, 5.74) is 0.643. The van der Waals surface area contributed by atoms with Gasteiger partial charge in [0, 0.05) is 6.54 Å². The number of hydrogen-bond donors (Lipinski definition) is 2. The maximum atomic E-state index is 14.0. The zero-order valence-corrected chi connectivity index (χ0v) is 22.0. The largest absolute Gasteiger partial charge is 0.343 e. The van der Waals surface area contributed by atoms with E-state index in [0.29, 0.717) is 18.5 Å².